The molecule has 0 bridgehead atoms. The Morgan fingerprint density at radius 1 is 0.731 bits per heavy atom. The van der Waals surface area contributed by atoms with Gasteiger partial charge >= 0.3 is 0 Å². The van der Waals surface area contributed by atoms with Gasteiger partial charge in [0, 0.05) is 42.5 Å². The number of rotatable bonds is 3. The molecule has 6 heteroatoms. The number of hydrogen-bond acceptors (Lipinski definition) is 4. The predicted octanol–water partition coefficient (Wildman–Crippen LogP) is 4.26. The second-order valence-corrected chi connectivity index (χ2v) is 6.67. The standard InChI is InChI=1S/C20H18ClFN4/c21-16-3-1-15(2-4-16)19-9-10-20(24-23-19)26-13-11-25(12-14-26)18-7-5-17(22)6-8-18/h1-10H,11-14H2. The first kappa shape index (κ1) is 16.8. The van der Waals surface area contributed by atoms with Crippen molar-refractivity contribution in [2.75, 3.05) is 36.0 Å². The normalized spacial score (nSPS) is 14.5. The first-order chi connectivity index (χ1) is 12.7. The van der Waals surface area contributed by atoms with Crippen molar-refractivity contribution in [2.24, 2.45) is 0 Å². The van der Waals surface area contributed by atoms with E-state index in [0.717, 1.165) is 48.9 Å². The molecule has 0 atom stereocenters. The summed E-state index contributed by atoms with van der Waals surface area (Å²) < 4.78 is 13.1. The molecule has 0 aliphatic carbocycles. The fourth-order valence-electron chi connectivity index (χ4n) is 3.11. The van der Waals surface area contributed by atoms with Gasteiger partial charge in [0.15, 0.2) is 5.82 Å². The van der Waals surface area contributed by atoms with Crippen molar-refractivity contribution >= 4 is 23.1 Å². The molecule has 26 heavy (non-hydrogen) atoms. The Labute approximate surface area is 156 Å². The van der Waals surface area contributed by atoms with Gasteiger partial charge < -0.3 is 9.80 Å². The van der Waals surface area contributed by atoms with E-state index in [1.165, 1.54) is 12.1 Å². The summed E-state index contributed by atoms with van der Waals surface area (Å²) in [5.74, 6) is 0.671. The number of hydrogen-bond donors (Lipinski definition) is 0. The molecule has 1 saturated heterocycles. The van der Waals surface area contributed by atoms with E-state index in [1.54, 1.807) is 0 Å². The molecule has 1 fully saturated rings. The maximum Gasteiger partial charge on any atom is 0.151 e. The SMILES string of the molecule is Fc1ccc(N2CCN(c3ccc(-c4ccc(Cl)cc4)nn3)CC2)cc1. The van der Waals surface area contributed by atoms with Crippen LogP contribution in [0, 0.1) is 5.82 Å². The van der Waals surface area contributed by atoms with Gasteiger partial charge in [-0.2, -0.15) is 0 Å². The van der Waals surface area contributed by atoms with Crippen LogP contribution in [0.2, 0.25) is 5.02 Å². The summed E-state index contributed by atoms with van der Waals surface area (Å²) in [5, 5.41) is 9.44. The lowest BCUT2D eigenvalue weighted by molar-refractivity contribution is 0.623. The van der Waals surface area contributed by atoms with Crippen LogP contribution in [0.1, 0.15) is 0 Å². The van der Waals surface area contributed by atoms with Crippen LogP contribution in [0.3, 0.4) is 0 Å². The molecule has 0 radical (unpaired) electrons. The van der Waals surface area contributed by atoms with Gasteiger partial charge in [-0.1, -0.05) is 23.7 Å². The van der Waals surface area contributed by atoms with Crippen LogP contribution in [0.25, 0.3) is 11.3 Å². The van der Waals surface area contributed by atoms with Crippen molar-refractivity contribution in [2.45, 2.75) is 0 Å². The van der Waals surface area contributed by atoms with Crippen molar-refractivity contribution in [3.05, 3.63) is 71.5 Å². The fraction of sp³-hybridized carbons (Fsp3) is 0.200. The van der Waals surface area contributed by atoms with Crippen molar-refractivity contribution in [3.63, 3.8) is 0 Å². The average molecular weight is 369 g/mol. The van der Waals surface area contributed by atoms with Gasteiger partial charge in [-0.15, -0.1) is 10.2 Å². The highest BCUT2D eigenvalue weighted by Gasteiger charge is 2.18. The second kappa shape index (κ2) is 7.30. The fourth-order valence-corrected chi connectivity index (χ4v) is 3.24. The minimum atomic E-state index is -0.205. The molecule has 0 amide bonds. The minimum Gasteiger partial charge on any atom is -0.368 e. The first-order valence-corrected chi connectivity index (χ1v) is 8.92. The highest BCUT2D eigenvalue weighted by Crippen LogP contribution is 2.22. The van der Waals surface area contributed by atoms with Gasteiger partial charge in [-0.25, -0.2) is 4.39 Å². The number of anilines is 2. The van der Waals surface area contributed by atoms with E-state index in [-0.39, 0.29) is 5.82 Å². The van der Waals surface area contributed by atoms with E-state index in [9.17, 15) is 4.39 Å². The number of aromatic nitrogens is 2. The summed E-state index contributed by atoms with van der Waals surface area (Å²) in [6.07, 6.45) is 0. The summed E-state index contributed by atoms with van der Waals surface area (Å²) in [4.78, 5) is 4.48. The number of benzene rings is 2. The Bertz CT molecular complexity index is 858. The third-order valence-electron chi connectivity index (χ3n) is 4.59. The second-order valence-electron chi connectivity index (χ2n) is 6.23. The van der Waals surface area contributed by atoms with Crippen molar-refractivity contribution < 1.29 is 4.39 Å². The van der Waals surface area contributed by atoms with Crippen LogP contribution < -0.4 is 9.80 Å². The molecule has 0 N–H and O–H groups in total. The number of halogens is 2. The molecule has 2 aromatic carbocycles. The Balaban J connectivity index is 1.41. The van der Waals surface area contributed by atoms with Gasteiger partial charge in [-0.3, -0.25) is 0 Å². The summed E-state index contributed by atoms with van der Waals surface area (Å²) in [7, 11) is 0. The highest BCUT2D eigenvalue weighted by molar-refractivity contribution is 6.30. The van der Waals surface area contributed by atoms with Gasteiger partial charge in [0.25, 0.3) is 0 Å². The van der Waals surface area contributed by atoms with Gasteiger partial charge in [0.2, 0.25) is 0 Å². The van der Waals surface area contributed by atoms with Crippen LogP contribution in [-0.4, -0.2) is 36.4 Å². The maximum atomic E-state index is 13.1. The van der Waals surface area contributed by atoms with Crippen molar-refractivity contribution in [1.82, 2.24) is 10.2 Å². The Morgan fingerprint density at radius 3 is 2.00 bits per heavy atom. The highest BCUT2D eigenvalue weighted by atomic mass is 35.5. The van der Waals surface area contributed by atoms with E-state index < -0.39 is 0 Å². The summed E-state index contributed by atoms with van der Waals surface area (Å²) in [6, 6.07) is 18.2. The van der Waals surface area contributed by atoms with E-state index >= 15 is 0 Å². The van der Waals surface area contributed by atoms with Crippen LogP contribution in [0.5, 0.6) is 0 Å². The zero-order valence-electron chi connectivity index (χ0n) is 14.1. The molecular formula is C20H18ClFN4. The molecule has 0 unspecified atom stereocenters. The number of nitrogens with zero attached hydrogens (tertiary/aromatic N) is 4. The zero-order chi connectivity index (χ0) is 17.9. The molecule has 1 aliphatic rings. The minimum absolute atomic E-state index is 0.205. The van der Waals surface area contributed by atoms with Crippen molar-refractivity contribution in [1.29, 1.82) is 0 Å². The Hall–Kier alpha value is -2.66. The van der Waals surface area contributed by atoms with Crippen LogP contribution in [0.15, 0.2) is 60.7 Å². The quantitative estimate of drug-likeness (QED) is 0.691. The Morgan fingerprint density at radius 2 is 1.38 bits per heavy atom. The molecule has 4 nitrogen and oxygen atoms in total. The van der Waals surface area contributed by atoms with Crippen LogP contribution in [-0.2, 0) is 0 Å². The van der Waals surface area contributed by atoms with Crippen LogP contribution in [0.4, 0.5) is 15.9 Å². The molecule has 1 aromatic heterocycles. The van der Waals surface area contributed by atoms with E-state index in [4.69, 9.17) is 11.6 Å². The molecule has 0 spiro atoms. The number of piperazine rings is 1. The third kappa shape index (κ3) is 3.63. The molecule has 0 saturated carbocycles. The molecular weight excluding hydrogens is 351 g/mol. The summed E-state index contributed by atoms with van der Waals surface area (Å²) >= 11 is 5.92. The van der Waals surface area contributed by atoms with Crippen LogP contribution >= 0.6 is 11.6 Å². The first-order valence-electron chi connectivity index (χ1n) is 8.54. The van der Waals surface area contributed by atoms with Gasteiger partial charge in [0.05, 0.1) is 5.69 Å². The van der Waals surface area contributed by atoms with E-state index in [0.29, 0.717) is 5.02 Å². The third-order valence-corrected chi connectivity index (χ3v) is 4.84. The zero-order valence-corrected chi connectivity index (χ0v) is 14.9. The molecule has 4 rings (SSSR count). The predicted molar refractivity (Wildman–Crippen MR) is 103 cm³/mol. The lowest BCUT2D eigenvalue weighted by Crippen LogP contribution is -2.46. The smallest absolute Gasteiger partial charge is 0.151 e. The van der Waals surface area contributed by atoms with Crippen molar-refractivity contribution in [3.8, 4) is 11.3 Å². The molecule has 132 valence electrons. The molecule has 1 aliphatic heterocycles. The largest absolute Gasteiger partial charge is 0.368 e. The monoisotopic (exact) mass is 368 g/mol. The molecule has 2 heterocycles. The lowest BCUT2D eigenvalue weighted by Gasteiger charge is -2.36. The maximum absolute atomic E-state index is 13.1. The topological polar surface area (TPSA) is 32.3 Å². The van der Waals surface area contributed by atoms with Gasteiger partial charge in [-0.05, 0) is 48.5 Å². The average Bonchev–Trinajstić information content (AvgIpc) is 2.70. The summed E-state index contributed by atoms with van der Waals surface area (Å²) in [6.45, 7) is 3.44. The summed E-state index contributed by atoms with van der Waals surface area (Å²) in [5.41, 5.74) is 2.88. The molecule has 3 aromatic rings. The Kier molecular flexibility index (Phi) is 4.71. The van der Waals surface area contributed by atoms with Gasteiger partial charge in [0.1, 0.15) is 5.82 Å². The van der Waals surface area contributed by atoms with E-state index in [2.05, 4.69) is 20.0 Å². The lowest BCUT2D eigenvalue weighted by atomic mass is 10.1. The van der Waals surface area contributed by atoms with E-state index in [1.807, 2.05) is 48.5 Å².